The molecule has 1 aliphatic rings. The number of carboxylic acid groups (broad SMARTS) is 1. The third kappa shape index (κ3) is 4.23. The molecule has 2 aromatic rings. The van der Waals surface area contributed by atoms with Crippen LogP contribution in [0.5, 0.6) is 0 Å². The lowest BCUT2D eigenvalue weighted by Crippen LogP contribution is -2.38. The zero-order chi connectivity index (χ0) is 17.6. The lowest BCUT2D eigenvalue weighted by Gasteiger charge is -2.30. The maximum atomic E-state index is 12.1. The average molecular weight is 337 g/mol. The lowest BCUT2D eigenvalue weighted by molar-refractivity contribution is -0.119. The summed E-state index contributed by atoms with van der Waals surface area (Å²) in [6.45, 7) is 1.11. The Morgan fingerprint density at radius 3 is 2.68 bits per heavy atom. The fraction of sp³-hybridized carbons (Fsp3) is 0.211. The van der Waals surface area contributed by atoms with E-state index in [9.17, 15) is 9.59 Å². The van der Waals surface area contributed by atoms with E-state index in [1.54, 1.807) is 12.1 Å². The second-order valence-electron chi connectivity index (χ2n) is 5.87. The van der Waals surface area contributed by atoms with Crippen LogP contribution < -0.4 is 10.3 Å². The minimum atomic E-state index is -0.974. The Labute approximate surface area is 145 Å². The highest BCUT2D eigenvalue weighted by molar-refractivity contribution is 5.89. The topological polar surface area (TPSA) is 82.0 Å². The van der Waals surface area contributed by atoms with Crippen LogP contribution in [0, 0.1) is 0 Å². The Balaban J connectivity index is 1.56. The van der Waals surface area contributed by atoms with Crippen LogP contribution in [0.25, 0.3) is 0 Å². The summed E-state index contributed by atoms with van der Waals surface area (Å²) in [5.74, 6) is -1.16. The number of benzene rings is 2. The van der Waals surface area contributed by atoms with E-state index in [1.807, 2.05) is 18.2 Å². The Morgan fingerprint density at radius 1 is 1.16 bits per heavy atom. The van der Waals surface area contributed by atoms with Gasteiger partial charge in [-0.25, -0.2) is 10.2 Å². The number of carbonyl (C=O) groups is 2. The molecule has 1 aliphatic heterocycles. The zero-order valence-corrected chi connectivity index (χ0v) is 13.7. The molecule has 1 heterocycles. The lowest BCUT2D eigenvalue weighted by atomic mass is 10.0. The van der Waals surface area contributed by atoms with Crippen molar-refractivity contribution in [1.29, 1.82) is 0 Å². The molecule has 3 rings (SSSR count). The number of carbonyl (C=O) groups excluding carboxylic acids is 1. The van der Waals surface area contributed by atoms with Crippen LogP contribution in [0.2, 0.25) is 0 Å². The standard InChI is InChI=1S/C19H19N3O3/c23-18(13-22-11-3-5-15-4-1-2-6-17(15)22)21-20-12-14-7-9-16(10-8-14)19(24)25/h1-2,4,6-10,12H,3,5,11,13H2,(H,21,23)(H,24,25)/b20-12+. The van der Waals surface area contributed by atoms with Crippen molar-refractivity contribution in [3.63, 3.8) is 0 Å². The molecule has 0 aromatic heterocycles. The van der Waals surface area contributed by atoms with Gasteiger partial charge in [-0.05, 0) is 42.2 Å². The summed E-state index contributed by atoms with van der Waals surface area (Å²) in [5.41, 5.74) is 5.82. The average Bonchev–Trinajstić information content (AvgIpc) is 2.62. The number of aromatic carboxylic acids is 1. The summed E-state index contributed by atoms with van der Waals surface area (Å²) < 4.78 is 0. The molecule has 0 spiro atoms. The summed E-state index contributed by atoms with van der Waals surface area (Å²) in [4.78, 5) is 25.0. The molecule has 0 atom stereocenters. The normalized spacial score (nSPS) is 13.5. The van der Waals surface area contributed by atoms with Gasteiger partial charge in [-0.2, -0.15) is 5.10 Å². The summed E-state index contributed by atoms with van der Waals surface area (Å²) in [6, 6.07) is 14.4. The minimum absolute atomic E-state index is 0.185. The van der Waals surface area contributed by atoms with E-state index in [4.69, 9.17) is 5.11 Å². The monoisotopic (exact) mass is 337 g/mol. The van der Waals surface area contributed by atoms with Gasteiger partial charge in [0, 0.05) is 12.2 Å². The number of hydrogen-bond acceptors (Lipinski definition) is 4. The van der Waals surface area contributed by atoms with Crippen molar-refractivity contribution in [1.82, 2.24) is 5.43 Å². The molecular weight excluding hydrogens is 318 g/mol. The molecule has 6 nitrogen and oxygen atoms in total. The second kappa shape index (κ2) is 7.61. The number of hydrazone groups is 1. The third-order valence-corrected chi connectivity index (χ3v) is 4.10. The van der Waals surface area contributed by atoms with E-state index < -0.39 is 5.97 Å². The molecule has 25 heavy (non-hydrogen) atoms. The van der Waals surface area contributed by atoms with Crippen LogP contribution in [0.15, 0.2) is 53.6 Å². The van der Waals surface area contributed by atoms with Gasteiger partial charge >= 0.3 is 5.97 Å². The number of hydrogen-bond donors (Lipinski definition) is 2. The summed E-state index contributed by atoms with van der Waals surface area (Å²) in [6.07, 6.45) is 3.57. The second-order valence-corrected chi connectivity index (χ2v) is 5.87. The molecule has 0 radical (unpaired) electrons. The number of fused-ring (bicyclic) bond motifs is 1. The van der Waals surface area contributed by atoms with Gasteiger partial charge in [0.2, 0.25) is 0 Å². The fourth-order valence-corrected chi connectivity index (χ4v) is 2.88. The van der Waals surface area contributed by atoms with Gasteiger partial charge in [0.1, 0.15) is 0 Å². The predicted molar refractivity (Wildman–Crippen MR) is 96.1 cm³/mol. The van der Waals surface area contributed by atoms with Gasteiger partial charge in [-0.1, -0.05) is 30.3 Å². The quantitative estimate of drug-likeness (QED) is 0.648. The molecule has 0 saturated heterocycles. The first-order valence-electron chi connectivity index (χ1n) is 8.11. The van der Waals surface area contributed by atoms with Crippen LogP contribution in [-0.2, 0) is 11.2 Å². The minimum Gasteiger partial charge on any atom is -0.478 e. The maximum absolute atomic E-state index is 12.1. The molecule has 2 aromatic carbocycles. The van der Waals surface area contributed by atoms with Crippen LogP contribution in [-0.4, -0.2) is 36.3 Å². The van der Waals surface area contributed by atoms with E-state index in [-0.39, 0.29) is 18.0 Å². The van der Waals surface area contributed by atoms with Crippen LogP contribution >= 0.6 is 0 Å². The molecule has 128 valence electrons. The number of para-hydroxylation sites is 1. The number of nitrogens with one attached hydrogen (secondary N) is 1. The molecule has 6 heteroatoms. The van der Waals surface area contributed by atoms with Crippen LogP contribution in [0.1, 0.15) is 27.9 Å². The smallest absolute Gasteiger partial charge is 0.335 e. The number of nitrogens with zero attached hydrogens (tertiary/aromatic N) is 2. The van der Waals surface area contributed by atoms with E-state index in [0.717, 1.165) is 25.1 Å². The SMILES string of the molecule is O=C(CN1CCCc2ccccc21)N/N=C/c1ccc(C(=O)O)cc1. The Bertz CT molecular complexity index is 800. The van der Waals surface area contributed by atoms with Crippen molar-refractivity contribution in [3.05, 3.63) is 65.2 Å². The first kappa shape index (κ1) is 16.7. The molecule has 0 aliphatic carbocycles. The van der Waals surface area contributed by atoms with Gasteiger partial charge in [0.25, 0.3) is 5.91 Å². The first-order chi connectivity index (χ1) is 12.1. The van der Waals surface area contributed by atoms with E-state index >= 15 is 0 Å². The predicted octanol–water partition coefficient (Wildman–Crippen LogP) is 2.29. The molecule has 0 saturated carbocycles. The Hall–Kier alpha value is -3.15. The summed E-state index contributed by atoms with van der Waals surface area (Å²) in [5, 5.41) is 12.8. The van der Waals surface area contributed by atoms with Crippen molar-refractivity contribution in [2.45, 2.75) is 12.8 Å². The fourth-order valence-electron chi connectivity index (χ4n) is 2.88. The highest BCUT2D eigenvalue weighted by Gasteiger charge is 2.18. The molecule has 0 fully saturated rings. The van der Waals surface area contributed by atoms with Crippen LogP contribution in [0.3, 0.4) is 0 Å². The van der Waals surface area contributed by atoms with Gasteiger partial charge < -0.3 is 10.0 Å². The molecule has 0 unspecified atom stereocenters. The largest absolute Gasteiger partial charge is 0.478 e. The van der Waals surface area contributed by atoms with Crippen molar-refractivity contribution >= 4 is 23.8 Å². The van der Waals surface area contributed by atoms with Gasteiger partial charge in [0.15, 0.2) is 0 Å². The number of aryl methyl sites for hydroxylation is 1. The van der Waals surface area contributed by atoms with Gasteiger partial charge in [0.05, 0.1) is 18.3 Å². The zero-order valence-electron chi connectivity index (χ0n) is 13.7. The number of rotatable bonds is 5. The van der Waals surface area contributed by atoms with E-state index in [0.29, 0.717) is 5.56 Å². The third-order valence-electron chi connectivity index (χ3n) is 4.10. The van der Waals surface area contributed by atoms with Crippen molar-refractivity contribution in [2.75, 3.05) is 18.0 Å². The molecule has 1 amide bonds. The summed E-state index contributed by atoms with van der Waals surface area (Å²) in [7, 11) is 0. The van der Waals surface area contributed by atoms with Crippen molar-refractivity contribution < 1.29 is 14.7 Å². The van der Waals surface area contributed by atoms with Crippen LogP contribution in [0.4, 0.5) is 5.69 Å². The van der Waals surface area contributed by atoms with Crippen molar-refractivity contribution in [2.24, 2.45) is 5.10 Å². The highest BCUT2D eigenvalue weighted by Crippen LogP contribution is 2.26. The number of carboxylic acids is 1. The van der Waals surface area contributed by atoms with E-state index in [2.05, 4.69) is 21.5 Å². The van der Waals surface area contributed by atoms with Gasteiger partial charge in [-0.3, -0.25) is 4.79 Å². The Kier molecular flexibility index (Phi) is 5.09. The summed E-state index contributed by atoms with van der Waals surface area (Å²) >= 11 is 0. The van der Waals surface area contributed by atoms with E-state index in [1.165, 1.54) is 23.9 Å². The molecule has 0 bridgehead atoms. The Morgan fingerprint density at radius 2 is 1.92 bits per heavy atom. The first-order valence-corrected chi connectivity index (χ1v) is 8.11. The van der Waals surface area contributed by atoms with Gasteiger partial charge in [-0.15, -0.1) is 0 Å². The number of anilines is 1. The highest BCUT2D eigenvalue weighted by atomic mass is 16.4. The number of amides is 1. The van der Waals surface area contributed by atoms with Crippen molar-refractivity contribution in [3.8, 4) is 0 Å². The maximum Gasteiger partial charge on any atom is 0.335 e. The molecule has 2 N–H and O–H groups in total. The molecular formula is C19H19N3O3.